The van der Waals surface area contributed by atoms with Crippen molar-refractivity contribution in [3.05, 3.63) is 0 Å². The zero-order valence-electron chi connectivity index (χ0n) is 7.21. The van der Waals surface area contributed by atoms with Crippen LogP contribution in [0.4, 0.5) is 0 Å². The first-order valence-corrected chi connectivity index (χ1v) is 4.04. The summed E-state index contributed by atoms with van der Waals surface area (Å²) in [5.74, 6) is -1.07. The number of ether oxygens (including phenoxy) is 1. The van der Waals surface area contributed by atoms with Crippen LogP contribution in [0.5, 0.6) is 0 Å². The van der Waals surface area contributed by atoms with Crippen LogP contribution in [0.25, 0.3) is 0 Å². The topological polar surface area (TPSA) is 63.6 Å². The van der Waals surface area contributed by atoms with Crippen LogP contribution in [-0.2, 0) is 14.3 Å². The minimum absolute atomic E-state index is 0. The Morgan fingerprint density at radius 3 is 2.23 bits per heavy atom. The van der Waals surface area contributed by atoms with Gasteiger partial charge in [0.2, 0.25) is 0 Å². The SMILES string of the molecule is CCOC(=O)CCCCC(=O)O.[NaH]. The van der Waals surface area contributed by atoms with Gasteiger partial charge in [-0.25, -0.2) is 0 Å². The second-order valence-corrected chi connectivity index (χ2v) is 2.41. The van der Waals surface area contributed by atoms with Gasteiger partial charge in [-0.3, -0.25) is 9.59 Å². The van der Waals surface area contributed by atoms with E-state index < -0.39 is 5.97 Å². The van der Waals surface area contributed by atoms with Gasteiger partial charge in [-0.15, -0.1) is 0 Å². The molecule has 0 amide bonds. The Morgan fingerprint density at radius 1 is 1.23 bits per heavy atom. The first kappa shape index (κ1) is 15.4. The molecule has 0 heterocycles. The van der Waals surface area contributed by atoms with Crippen molar-refractivity contribution < 1.29 is 19.4 Å². The molecule has 0 fully saturated rings. The third-order valence-electron chi connectivity index (χ3n) is 1.33. The van der Waals surface area contributed by atoms with Crippen LogP contribution in [0.1, 0.15) is 32.6 Å². The molecule has 0 spiro atoms. The van der Waals surface area contributed by atoms with Gasteiger partial charge in [-0.2, -0.15) is 0 Å². The van der Waals surface area contributed by atoms with Crippen LogP contribution < -0.4 is 0 Å². The number of carbonyl (C=O) groups is 2. The molecular weight excluding hydrogens is 183 g/mol. The second-order valence-electron chi connectivity index (χ2n) is 2.41. The first-order chi connectivity index (χ1) is 5.66. The Morgan fingerprint density at radius 2 is 1.77 bits per heavy atom. The molecule has 5 heteroatoms. The van der Waals surface area contributed by atoms with Crippen LogP contribution >= 0.6 is 0 Å². The Bertz CT molecular complexity index is 158. The maximum absolute atomic E-state index is 10.7. The number of carboxylic acids is 1. The molecule has 0 aliphatic heterocycles. The Hall–Kier alpha value is -0.0600. The van der Waals surface area contributed by atoms with Crippen molar-refractivity contribution in [2.75, 3.05) is 6.61 Å². The van der Waals surface area contributed by atoms with Crippen molar-refractivity contribution in [3.63, 3.8) is 0 Å². The Kier molecular flexibility index (Phi) is 11.9. The molecule has 0 radical (unpaired) electrons. The van der Waals surface area contributed by atoms with E-state index in [2.05, 4.69) is 4.74 Å². The maximum atomic E-state index is 10.7. The Labute approximate surface area is 99.9 Å². The molecule has 0 aromatic rings. The van der Waals surface area contributed by atoms with E-state index >= 15 is 0 Å². The summed E-state index contributed by atoms with van der Waals surface area (Å²) in [7, 11) is 0. The monoisotopic (exact) mass is 198 g/mol. The van der Waals surface area contributed by atoms with Crippen LogP contribution in [0.2, 0.25) is 0 Å². The number of hydrogen-bond donors (Lipinski definition) is 1. The third-order valence-corrected chi connectivity index (χ3v) is 1.33. The molecule has 72 valence electrons. The molecule has 0 aromatic carbocycles. The van der Waals surface area contributed by atoms with Crippen molar-refractivity contribution in [2.45, 2.75) is 32.6 Å². The number of carbonyl (C=O) groups excluding carboxylic acids is 1. The van der Waals surface area contributed by atoms with Gasteiger partial charge in [0.15, 0.2) is 0 Å². The summed E-state index contributed by atoms with van der Waals surface area (Å²) in [6, 6.07) is 0. The number of hydrogen-bond acceptors (Lipinski definition) is 3. The van der Waals surface area contributed by atoms with E-state index in [9.17, 15) is 9.59 Å². The zero-order chi connectivity index (χ0) is 9.40. The van der Waals surface area contributed by atoms with E-state index in [0.29, 0.717) is 25.9 Å². The fourth-order valence-electron chi connectivity index (χ4n) is 0.779. The number of aliphatic carboxylic acids is 1. The normalized spacial score (nSPS) is 8.69. The molecule has 4 nitrogen and oxygen atoms in total. The van der Waals surface area contributed by atoms with Gasteiger partial charge in [0.1, 0.15) is 0 Å². The minimum atomic E-state index is -0.821. The predicted molar refractivity (Wildman–Crippen MR) is 49.9 cm³/mol. The third kappa shape index (κ3) is 11.9. The fraction of sp³-hybridized carbons (Fsp3) is 0.750. The fourth-order valence-corrected chi connectivity index (χ4v) is 0.779. The molecule has 13 heavy (non-hydrogen) atoms. The molecule has 1 N–H and O–H groups in total. The van der Waals surface area contributed by atoms with Gasteiger partial charge in [0, 0.05) is 12.8 Å². The first-order valence-electron chi connectivity index (χ1n) is 4.04. The molecular formula is C8H15NaO4. The predicted octanol–water partition coefficient (Wildman–Crippen LogP) is 0.546. The van der Waals surface area contributed by atoms with Crippen LogP contribution in [0.3, 0.4) is 0 Å². The van der Waals surface area contributed by atoms with Crippen LogP contribution in [-0.4, -0.2) is 53.2 Å². The van der Waals surface area contributed by atoms with E-state index in [1.54, 1.807) is 6.92 Å². The van der Waals surface area contributed by atoms with Crippen LogP contribution in [0.15, 0.2) is 0 Å². The van der Waals surface area contributed by atoms with Crippen molar-refractivity contribution >= 4 is 41.5 Å². The number of rotatable bonds is 6. The quantitative estimate of drug-likeness (QED) is 0.384. The van der Waals surface area contributed by atoms with E-state index in [1.807, 2.05) is 0 Å². The molecule has 0 bridgehead atoms. The summed E-state index contributed by atoms with van der Waals surface area (Å²) in [5.41, 5.74) is 0. The van der Waals surface area contributed by atoms with Crippen molar-refractivity contribution in [1.29, 1.82) is 0 Å². The second kappa shape index (κ2) is 10.0. The standard InChI is InChI=1S/C8H14O4.Na.H/c1-2-12-8(11)6-4-3-5-7(9)10;;/h2-6H2,1H3,(H,9,10);;. The average molecular weight is 198 g/mol. The summed E-state index contributed by atoms with van der Waals surface area (Å²) < 4.78 is 4.66. The van der Waals surface area contributed by atoms with Gasteiger partial charge >= 0.3 is 41.5 Å². The van der Waals surface area contributed by atoms with Gasteiger partial charge in [-0.05, 0) is 19.8 Å². The summed E-state index contributed by atoms with van der Waals surface area (Å²) in [6.45, 7) is 2.13. The van der Waals surface area contributed by atoms with Gasteiger partial charge < -0.3 is 9.84 Å². The zero-order valence-corrected chi connectivity index (χ0v) is 7.21. The van der Waals surface area contributed by atoms with E-state index in [1.165, 1.54) is 0 Å². The molecule has 0 aliphatic carbocycles. The number of unbranched alkanes of at least 4 members (excludes halogenated alkanes) is 1. The van der Waals surface area contributed by atoms with Gasteiger partial charge in [-0.1, -0.05) is 0 Å². The molecule has 0 saturated carbocycles. The summed E-state index contributed by atoms with van der Waals surface area (Å²) in [4.78, 5) is 20.8. The number of esters is 1. The summed E-state index contributed by atoms with van der Waals surface area (Å²) in [6.07, 6.45) is 1.57. The average Bonchev–Trinajstić information content (AvgIpc) is 1.98. The summed E-state index contributed by atoms with van der Waals surface area (Å²) >= 11 is 0. The van der Waals surface area contributed by atoms with Crippen molar-refractivity contribution in [2.24, 2.45) is 0 Å². The Balaban J connectivity index is 0. The van der Waals surface area contributed by atoms with E-state index in [0.717, 1.165) is 0 Å². The van der Waals surface area contributed by atoms with Crippen LogP contribution in [0, 0.1) is 0 Å². The van der Waals surface area contributed by atoms with E-state index in [4.69, 9.17) is 5.11 Å². The molecule has 0 saturated heterocycles. The number of carboxylic acid groups (broad SMARTS) is 1. The summed E-state index contributed by atoms with van der Waals surface area (Å²) in [5, 5.41) is 8.27. The van der Waals surface area contributed by atoms with Crippen molar-refractivity contribution in [1.82, 2.24) is 0 Å². The van der Waals surface area contributed by atoms with Crippen molar-refractivity contribution in [3.8, 4) is 0 Å². The van der Waals surface area contributed by atoms with Gasteiger partial charge in [0.05, 0.1) is 6.61 Å². The molecule has 0 aliphatic rings. The van der Waals surface area contributed by atoms with Gasteiger partial charge in [0.25, 0.3) is 0 Å². The molecule has 0 unspecified atom stereocenters. The molecule has 0 atom stereocenters. The van der Waals surface area contributed by atoms with E-state index in [-0.39, 0.29) is 41.9 Å². The molecule has 0 rings (SSSR count). The molecule has 0 aromatic heterocycles.